The number of rotatable bonds is 4. The van der Waals surface area contributed by atoms with Crippen LogP contribution >= 0.6 is 0 Å². The van der Waals surface area contributed by atoms with Gasteiger partial charge in [-0.1, -0.05) is 36.4 Å². The molecule has 0 unspecified atom stereocenters. The number of carbonyl (C=O) groups is 2. The lowest BCUT2D eigenvalue weighted by atomic mass is 10.2. The summed E-state index contributed by atoms with van der Waals surface area (Å²) in [6.45, 7) is 1.41. The Hall–Kier alpha value is -2.95. The Morgan fingerprint density at radius 1 is 1.05 bits per heavy atom. The lowest BCUT2D eigenvalue weighted by molar-refractivity contribution is -0.114. The van der Waals surface area contributed by atoms with Gasteiger partial charge in [0, 0.05) is 18.2 Å². The van der Waals surface area contributed by atoms with Crippen LogP contribution < -0.4 is 10.7 Å². The van der Waals surface area contributed by atoms with Crippen LogP contribution in [0.3, 0.4) is 0 Å². The molecule has 0 bridgehead atoms. The van der Waals surface area contributed by atoms with E-state index < -0.39 is 0 Å². The fraction of sp³-hybridized carbons (Fsp3) is 0.0625. The van der Waals surface area contributed by atoms with E-state index in [0.717, 1.165) is 5.56 Å². The molecule has 5 heteroatoms. The van der Waals surface area contributed by atoms with E-state index in [4.69, 9.17) is 0 Å². The number of benzene rings is 2. The summed E-state index contributed by atoms with van der Waals surface area (Å²) in [6.07, 6.45) is 1.57. The van der Waals surface area contributed by atoms with Gasteiger partial charge in [0.05, 0.1) is 6.21 Å². The van der Waals surface area contributed by atoms with Crippen molar-refractivity contribution in [2.45, 2.75) is 6.92 Å². The van der Waals surface area contributed by atoms with Gasteiger partial charge < -0.3 is 5.32 Å². The van der Waals surface area contributed by atoms with Gasteiger partial charge >= 0.3 is 0 Å². The molecule has 0 spiro atoms. The summed E-state index contributed by atoms with van der Waals surface area (Å²) in [6, 6.07) is 16.1. The van der Waals surface area contributed by atoms with E-state index in [-0.39, 0.29) is 11.8 Å². The minimum absolute atomic E-state index is 0.186. The fourth-order valence-corrected chi connectivity index (χ4v) is 1.71. The molecule has 0 atom stereocenters. The zero-order valence-electron chi connectivity index (χ0n) is 11.5. The smallest absolute Gasteiger partial charge is 0.271 e. The van der Waals surface area contributed by atoms with E-state index in [1.54, 1.807) is 30.5 Å². The molecule has 0 saturated heterocycles. The quantitative estimate of drug-likeness (QED) is 0.667. The lowest BCUT2D eigenvalue weighted by Gasteiger charge is -2.04. The summed E-state index contributed by atoms with van der Waals surface area (Å²) in [5.74, 6) is -0.524. The van der Waals surface area contributed by atoms with Crippen LogP contribution in [0.1, 0.15) is 22.8 Å². The van der Waals surface area contributed by atoms with E-state index >= 15 is 0 Å². The Kier molecular flexibility index (Phi) is 4.82. The van der Waals surface area contributed by atoms with Crippen LogP contribution in [0.4, 0.5) is 5.69 Å². The van der Waals surface area contributed by atoms with Crippen LogP contribution in [0.2, 0.25) is 0 Å². The predicted octanol–water partition coefficient (Wildman–Crippen LogP) is 2.41. The molecule has 0 fully saturated rings. The van der Waals surface area contributed by atoms with Gasteiger partial charge in [-0.05, 0) is 23.8 Å². The van der Waals surface area contributed by atoms with Crippen molar-refractivity contribution >= 4 is 23.7 Å². The van der Waals surface area contributed by atoms with E-state index in [9.17, 15) is 9.59 Å². The van der Waals surface area contributed by atoms with Crippen LogP contribution in [-0.4, -0.2) is 18.0 Å². The number of nitrogens with zero attached hydrogens (tertiary/aromatic N) is 1. The molecule has 0 aliphatic heterocycles. The average Bonchev–Trinajstić information content (AvgIpc) is 2.48. The molecule has 2 rings (SSSR count). The fourth-order valence-electron chi connectivity index (χ4n) is 1.71. The monoisotopic (exact) mass is 281 g/mol. The van der Waals surface area contributed by atoms with Gasteiger partial charge in [-0.15, -0.1) is 0 Å². The standard InChI is InChI=1S/C16H15N3O2/c1-12(20)18-15-9-5-8-14(10-15)16(21)19-17-11-13-6-3-2-4-7-13/h2-11H,1H3,(H,18,20)(H,19,21). The number of hydrazone groups is 1. The first-order valence-electron chi connectivity index (χ1n) is 6.41. The highest BCUT2D eigenvalue weighted by molar-refractivity contribution is 5.97. The Balaban J connectivity index is 2.00. The highest BCUT2D eigenvalue weighted by Gasteiger charge is 2.05. The Morgan fingerprint density at radius 3 is 2.52 bits per heavy atom. The van der Waals surface area contributed by atoms with Crippen molar-refractivity contribution in [3.63, 3.8) is 0 Å². The molecule has 106 valence electrons. The van der Waals surface area contributed by atoms with Crippen molar-refractivity contribution in [2.24, 2.45) is 5.10 Å². The third kappa shape index (κ3) is 4.58. The van der Waals surface area contributed by atoms with Gasteiger partial charge in [0.15, 0.2) is 0 Å². The van der Waals surface area contributed by atoms with Gasteiger partial charge in [-0.25, -0.2) is 5.43 Å². The maximum atomic E-state index is 11.9. The van der Waals surface area contributed by atoms with Crippen LogP contribution in [-0.2, 0) is 4.79 Å². The van der Waals surface area contributed by atoms with E-state index in [0.29, 0.717) is 11.3 Å². The number of anilines is 1. The molecule has 0 aromatic heterocycles. The Morgan fingerprint density at radius 2 is 1.81 bits per heavy atom. The third-order valence-electron chi connectivity index (χ3n) is 2.62. The molecule has 21 heavy (non-hydrogen) atoms. The van der Waals surface area contributed by atoms with Crippen molar-refractivity contribution in [3.05, 3.63) is 65.7 Å². The minimum Gasteiger partial charge on any atom is -0.326 e. The maximum absolute atomic E-state index is 11.9. The second-order valence-electron chi connectivity index (χ2n) is 4.37. The first-order valence-corrected chi connectivity index (χ1v) is 6.41. The molecular weight excluding hydrogens is 266 g/mol. The maximum Gasteiger partial charge on any atom is 0.271 e. The molecule has 2 aromatic carbocycles. The third-order valence-corrected chi connectivity index (χ3v) is 2.62. The van der Waals surface area contributed by atoms with Gasteiger partial charge in [-0.3, -0.25) is 9.59 Å². The highest BCUT2D eigenvalue weighted by Crippen LogP contribution is 2.10. The Labute approximate surface area is 122 Å². The van der Waals surface area contributed by atoms with Crippen molar-refractivity contribution in [2.75, 3.05) is 5.32 Å². The summed E-state index contributed by atoms with van der Waals surface area (Å²) in [4.78, 5) is 22.9. The number of nitrogens with one attached hydrogen (secondary N) is 2. The molecule has 2 amide bonds. The van der Waals surface area contributed by atoms with E-state index in [1.807, 2.05) is 30.3 Å². The molecule has 2 aromatic rings. The molecule has 0 aliphatic carbocycles. The van der Waals surface area contributed by atoms with Crippen LogP contribution in [0, 0.1) is 0 Å². The molecule has 0 radical (unpaired) electrons. The normalized spacial score (nSPS) is 10.3. The second-order valence-corrected chi connectivity index (χ2v) is 4.37. The number of hydrogen-bond donors (Lipinski definition) is 2. The summed E-state index contributed by atoms with van der Waals surface area (Å²) in [5, 5.41) is 6.52. The number of amides is 2. The number of hydrogen-bond acceptors (Lipinski definition) is 3. The first-order chi connectivity index (χ1) is 10.1. The number of carbonyl (C=O) groups excluding carboxylic acids is 2. The van der Waals surface area contributed by atoms with Gasteiger partial charge in [0.1, 0.15) is 0 Å². The molecular formula is C16H15N3O2. The largest absolute Gasteiger partial charge is 0.326 e. The SMILES string of the molecule is CC(=O)Nc1cccc(C(=O)NN=Cc2ccccc2)c1. The average molecular weight is 281 g/mol. The van der Waals surface area contributed by atoms with E-state index in [1.165, 1.54) is 6.92 Å². The minimum atomic E-state index is -0.339. The van der Waals surface area contributed by atoms with Crippen molar-refractivity contribution in [3.8, 4) is 0 Å². The Bertz CT molecular complexity index is 666. The molecule has 0 saturated carbocycles. The zero-order chi connectivity index (χ0) is 15.1. The summed E-state index contributed by atoms with van der Waals surface area (Å²) >= 11 is 0. The summed E-state index contributed by atoms with van der Waals surface area (Å²) in [5.41, 5.74) is 4.33. The van der Waals surface area contributed by atoms with Crippen molar-refractivity contribution in [1.82, 2.24) is 5.43 Å². The van der Waals surface area contributed by atoms with Gasteiger partial charge in [0.2, 0.25) is 5.91 Å². The first kappa shape index (κ1) is 14.5. The van der Waals surface area contributed by atoms with Crippen LogP contribution in [0.25, 0.3) is 0 Å². The second kappa shape index (κ2) is 7.00. The van der Waals surface area contributed by atoms with Crippen molar-refractivity contribution < 1.29 is 9.59 Å². The van der Waals surface area contributed by atoms with E-state index in [2.05, 4.69) is 15.8 Å². The summed E-state index contributed by atoms with van der Waals surface area (Å²) in [7, 11) is 0. The molecule has 0 heterocycles. The molecule has 5 nitrogen and oxygen atoms in total. The molecule has 0 aliphatic rings. The zero-order valence-corrected chi connectivity index (χ0v) is 11.5. The van der Waals surface area contributed by atoms with Gasteiger partial charge in [-0.2, -0.15) is 5.10 Å². The topological polar surface area (TPSA) is 70.6 Å². The van der Waals surface area contributed by atoms with Gasteiger partial charge in [0.25, 0.3) is 5.91 Å². The molecule has 2 N–H and O–H groups in total. The van der Waals surface area contributed by atoms with Crippen LogP contribution in [0.5, 0.6) is 0 Å². The highest BCUT2D eigenvalue weighted by atomic mass is 16.2. The summed E-state index contributed by atoms with van der Waals surface area (Å²) < 4.78 is 0. The van der Waals surface area contributed by atoms with Crippen LogP contribution in [0.15, 0.2) is 59.7 Å². The predicted molar refractivity (Wildman–Crippen MR) is 82.2 cm³/mol. The van der Waals surface area contributed by atoms with Crippen molar-refractivity contribution in [1.29, 1.82) is 0 Å². The lowest BCUT2D eigenvalue weighted by Crippen LogP contribution is -2.18.